The van der Waals surface area contributed by atoms with E-state index in [1.54, 1.807) is 7.11 Å². The Bertz CT molecular complexity index is 637. The van der Waals surface area contributed by atoms with Crippen molar-refractivity contribution in [3.05, 3.63) is 59.0 Å². The number of hydrogen-bond acceptors (Lipinski definition) is 4. The van der Waals surface area contributed by atoms with Crippen molar-refractivity contribution in [2.45, 2.75) is 31.6 Å². The standard InChI is InChI=1S/C18H23NO3/c1-19(11-15-7-8-16(22-15)12-21-2)13-18(20)10-9-14-5-3-4-6-17(14)18/h3-8,20H,9-13H2,1-2H3/t18-/m1/s1. The van der Waals surface area contributed by atoms with Gasteiger partial charge in [-0.1, -0.05) is 24.3 Å². The Morgan fingerprint density at radius 3 is 2.82 bits per heavy atom. The van der Waals surface area contributed by atoms with Crippen molar-refractivity contribution in [1.82, 2.24) is 4.90 Å². The minimum absolute atomic E-state index is 0.487. The maximum absolute atomic E-state index is 11.0. The van der Waals surface area contributed by atoms with Crippen LogP contribution in [-0.2, 0) is 29.9 Å². The average Bonchev–Trinajstić information content (AvgIpc) is 3.05. The smallest absolute Gasteiger partial charge is 0.129 e. The predicted octanol–water partition coefficient (Wildman–Crippen LogP) is 2.69. The Balaban J connectivity index is 1.65. The first-order valence-electron chi connectivity index (χ1n) is 7.66. The number of ether oxygens (including phenoxy) is 1. The summed E-state index contributed by atoms with van der Waals surface area (Å²) < 4.78 is 10.8. The van der Waals surface area contributed by atoms with E-state index in [2.05, 4.69) is 11.0 Å². The molecule has 1 N–H and O–H groups in total. The van der Waals surface area contributed by atoms with Crippen molar-refractivity contribution in [3.8, 4) is 0 Å². The fourth-order valence-electron chi connectivity index (χ4n) is 3.33. The summed E-state index contributed by atoms with van der Waals surface area (Å²) in [4.78, 5) is 2.11. The molecule has 1 aliphatic carbocycles. The lowest BCUT2D eigenvalue weighted by Crippen LogP contribution is -2.37. The van der Waals surface area contributed by atoms with E-state index < -0.39 is 5.60 Å². The molecule has 118 valence electrons. The van der Waals surface area contributed by atoms with Gasteiger partial charge in [-0.3, -0.25) is 4.90 Å². The SMILES string of the molecule is COCc1ccc(CN(C)C[C@]2(O)CCc3ccccc32)o1. The molecule has 0 spiro atoms. The van der Waals surface area contributed by atoms with Gasteiger partial charge in [0.15, 0.2) is 0 Å². The van der Waals surface area contributed by atoms with Crippen molar-refractivity contribution in [2.75, 3.05) is 20.7 Å². The third-order valence-corrected chi connectivity index (χ3v) is 4.29. The van der Waals surface area contributed by atoms with Gasteiger partial charge in [-0.2, -0.15) is 0 Å². The molecule has 0 saturated heterocycles. The van der Waals surface area contributed by atoms with Crippen molar-refractivity contribution < 1.29 is 14.3 Å². The number of methoxy groups -OCH3 is 1. The molecule has 1 atom stereocenters. The summed E-state index contributed by atoms with van der Waals surface area (Å²) in [7, 11) is 3.67. The largest absolute Gasteiger partial charge is 0.462 e. The van der Waals surface area contributed by atoms with Gasteiger partial charge in [0, 0.05) is 13.7 Å². The number of nitrogens with zero attached hydrogens (tertiary/aromatic N) is 1. The third-order valence-electron chi connectivity index (χ3n) is 4.29. The van der Waals surface area contributed by atoms with Crippen molar-refractivity contribution in [3.63, 3.8) is 0 Å². The predicted molar refractivity (Wildman–Crippen MR) is 84.4 cm³/mol. The van der Waals surface area contributed by atoms with Gasteiger partial charge < -0.3 is 14.3 Å². The van der Waals surface area contributed by atoms with Crippen LogP contribution in [0.25, 0.3) is 0 Å². The van der Waals surface area contributed by atoms with Crippen LogP contribution in [0, 0.1) is 0 Å². The van der Waals surface area contributed by atoms with E-state index in [0.29, 0.717) is 19.7 Å². The van der Waals surface area contributed by atoms with E-state index in [-0.39, 0.29) is 0 Å². The van der Waals surface area contributed by atoms with Gasteiger partial charge in [0.05, 0.1) is 6.54 Å². The quantitative estimate of drug-likeness (QED) is 0.891. The van der Waals surface area contributed by atoms with Crippen LogP contribution in [0.3, 0.4) is 0 Å². The molecule has 2 aromatic rings. The summed E-state index contributed by atoms with van der Waals surface area (Å²) in [6.07, 6.45) is 1.73. The van der Waals surface area contributed by atoms with E-state index in [0.717, 1.165) is 29.9 Å². The summed E-state index contributed by atoms with van der Waals surface area (Å²) in [5.41, 5.74) is 1.58. The highest BCUT2D eigenvalue weighted by atomic mass is 16.5. The van der Waals surface area contributed by atoms with Crippen LogP contribution in [0.15, 0.2) is 40.8 Å². The molecule has 1 aromatic heterocycles. The molecule has 0 radical (unpaired) electrons. The highest BCUT2D eigenvalue weighted by Gasteiger charge is 2.37. The lowest BCUT2D eigenvalue weighted by Gasteiger charge is -2.29. The summed E-state index contributed by atoms with van der Waals surface area (Å²) in [5.74, 6) is 1.72. The summed E-state index contributed by atoms with van der Waals surface area (Å²) in [5, 5.41) is 11.0. The van der Waals surface area contributed by atoms with E-state index in [1.165, 1.54) is 5.56 Å². The van der Waals surface area contributed by atoms with Crippen LogP contribution in [-0.4, -0.2) is 30.7 Å². The maximum atomic E-state index is 11.0. The van der Waals surface area contributed by atoms with Gasteiger partial charge in [0.2, 0.25) is 0 Å². The van der Waals surface area contributed by atoms with Gasteiger partial charge in [0.25, 0.3) is 0 Å². The zero-order valence-corrected chi connectivity index (χ0v) is 13.2. The molecule has 4 heteroatoms. The fraction of sp³-hybridized carbons (Fsp3) is 0.444. The molecule has 0 saturated carbocycles. The molecular formula is C18H23NO3. The van der Waals surface area contributed by atoms with Crippen molar-refractivity contribution >= 4 is 0 Å². The first-order valence-corrected chi connectivity index (χ1v) is 7.66. The molecule has 0 unspecified atom stereocenters. The number of aliphatic hydroxyl groups is 1. The molecule has 0 aliphatic heterocycles. The highest BCUT2D eigenvalue weighted by Crippen LogP contribution is 2.37. The minimum atomic E-state index is -0.757. The Kier molecular flexibility index (Phi) is 4.34. The number of furan rings is 1. The molecule has 0 bridgehead atoms. The molecule has 3 rings (SSSR count). The van der Waals surface area contributed by atoms with Gasteiger partial charge >= 0.3 is 0 Å². The van der Waals surface area contributed by atoms with Gasteiger partial charge in [0.1, 0.15) is 23.7 Å². The molecule has 22 heavy (non-hydrogen) atoms. The van der Waals surface area contributed by atoms with Crippen LogP contribution < -0.4 is 0 Å². The lowest BCUT2D eigenvalue weighted by molar-refractivity contribution is 0.00400. The second kappa shape index (κ2) is 6.24. The zero-order valence-electron chi connectivity index (χ0n) is 13.2. The first kappa shape index (κ1) is 15.3. The van der Waals surface area contributed by atoms with E-state index in [9.17, 15) is 5.11 Å². The lowest BCUT2D eigenvalue weighted by atomic mass is 9.95. The van der Waals surface area contributed by atoms with Gasteiger partial charge in [-0.15, -0.1) is 0 Å². The van der Waals surface area contributed by atoms with Gasteiger partial charge in [-0.05, 0) is 43.1 Å². The van der Waals surface area contributed by atoms with Crippen LogP contribution in [0.5, 0.6) is 0 Å². The summed E-state index contributed by atoms with van der Waals surface area (Å²) in [6, 6.07) is 12.1. The zero-order chi connectivity index (χ0) is 15.6. The third kappa shape index (κ3) is 3.09. The Labute approximate surface area is 131 Å². The van der Waals surface area contributed by atoms with Crippen LogP contribution >= 0.6 is 0 Å². The average molecular weight is 301 g/mol. The summed E-state index contributed by atoms with van der Waals surface area (Å²) in [6.45, 7) is 1.76. The molecular weight excluding hydrogens is 278 g/mol. The maximum Gasteiger partial charge on any atom is 0.129 e. The highest BCUT2D eigenvalue weighted by molar-refractivity contribution is 5.37. The number of aryl methyl sites for hydroxylation is 1. The van der Waals surface area contributed by atoms with Crippen LogP contribution in [0.2, 0.25) is 0 Å². The molecule has 1 aromatic carbocycles. The minimum Gasteiger partial charge on any atom is -0.462 e. The monoisotopic (exact) mass is 301 g/mol. The van der Waals surface area contributed by atoms with E-state index >= 15 is 0 Å². The first-order chi connectivity index (χ1) is 10.6. The second-order valence-electron chi connectivity index (χ2n) is 6.16. The molecule has 0 amide bonds. The second-order valence-corrected chi connectivity index (χ2v) is 6.16. The van der Waals surface area contributed by atoms with Crippen molar-refractivity contribution in [1.29, 1.82) is 0 Å². The fourth-order valence-corrected chi connectivity index (χ4v) is 3.33. The van der Waals surface area contributed by atoms with Crippen LogP contribution in [0.4, 0.5) is 0 Å². The normalized spacial score (nSPS) is 20.5. The number of fused-ring (bicyclic) bond motifs is 1. The molecule has 0 fully saturated rings. The summed E-state index contributed by atoms with van der Waals surface area (Å²) >= 11 is 0. The number of likely N-dealkylation sites (N-methyl/N-ethyl adjacent to an activating group) is 1. The molecule has 4 nitrogen and oxygen atoms in total. The number of benzene rings is 1. The topological polar surface area (TPSA) is 45.8 Å². The van der Waals surface area contributed by atoms with Crippen LogP contribution in [0.1, 0.15) is 29.1 Å². The molecule has 1 aliphatic rings. The Hall–Kier alpha value is -1.62. The van der Waals surface area contributed by atoms with E-state index in [1.807, 2.05) is 37.4 Å². The number of rotatable bonds is 6. The van der Waals surface area contributed by atoms with Crippen molar-refractivity contribution in [2.24, 2.45) is 0 Å². The van der Waals surface area contributed by atoms with E-state index in [4.69, 9.17) is 9.15 Å². The number of hydrogen-bond donors (Lipinski definition) is 1. The Morgan fingerprint density at radius 2 is 2.00 bits per heavy atom. The Morgan fingerprint density at radius 1 is 1.23 bits per heavy atom. The van der Waals surface area contributed by atoms with Gasteiger partial charge in [-0.25, -0.2) is 0 Å². The molecule has 1 heterocycles.